The van der Waals surface area contributed by atoms with Gasteiger partial charge in [0.2, 0.25) is 0 Å². The van der Waals surface area contributed by atoms with Crippen LogP contribution < -0.4 is 5.32 Å². The van der Waals surface area contributed by atoms with Gasteiger partial charge in [0.05, 0.1) is 5.37 Å². The van der Waals surface area contributed by atoms with Crippen LogP contribution in [-0.2, 0) is 0 Å². The lowest BCUT2D eigenvalue weighted by atomic mass is 10.0. The minimum absolute atomic E-state index is 0. The van der Waals surface area contributed by atoms with Crippen LogP contribution in [0.25, 0.3) is 0 Å². The molecule has 1 aromatic heterocycles. The molecule has 1 aliphatic rings. The Bertz CT molecular complexity index is 943. The molecule has 1 N–H and O–H groups in total. The van der Waals surface area contributed by atoms with E-state index in [1.54, 1.807) is 0 Å². The first-order valence-electron chi connectivity index (χ1n) is 9.39. The molecular weight excluding hydrogens is 437 g/mol. The minimum Gasteiger partial charge on any atom is -0.383 e. The number of thioether (sulfide) groups is 1. The minimum atomic E-state index is 0. The van der Waals surface area contributed by atoms with Gasteiger partial charge in [-0.2, -0.15) is 0 Å². The lowest BCUT2D eigenvalue weighted by Crippen LogP contribution is -2.34. The molecular formula is C23H25Cl2N3OS. The van der Waals surface area contributed by atoms with Crippen molar-refractivity contribution in [3.63, 3.8) is 0 Å². The molecule has 0 aliphatic carbocycles. The molecule has 3 aromatic rings. The standard InChI is InChI=1S/C23H23N3OS.2ClH/c1-26-21(16-28-23(26)19-10-6-12-24-14-19)15-25-20-11-5-9-18(13-20)22(27)17-7-3-2-4-8-17;;/h2-14,21,23,25H,15-16H2,1H3;2*1H. The van der Waals surface area contributed by atoms with Crippen molar-refractivity contribution in [2.24, 2.45) is 0 Å². The Morgan fingerprint density at radius 1 is 1.07 bits per heavy atom. The number of benzene rings is 2. The second-order valence-electron chi connectivity index (χ2n) is 6.95. The summed E-state index contributed by atoms with van der Waals surface area (Å²) in [6.07, 6.45) is 3.76. The Labute approximate surface area is 194 Å². The van der Waals surface area contributed by atoms with Crippen LogP contribution in [0.5, 0.6) is 0 Å². The van der Waals surface area contributed by atoms with Crippen molar-refractivity contribution in [1.82, 2.24) is 9.88 Å². The SMILES string of the molecule is CN1C(CNc2cccc(C(=O)c3ccccc3)c2)CSC1c1cccnc1.Cl.Cl. The Morgan fingerprint density at radius 3 is 2.57 bits per heavy atom. The summed E-state index contributed by atoms with van der Waals surface area (Å²) >= 11 is 1.94. The highest BCUT2D eigenvalue weighted by atomic mass is 35.5. The van der Waals surface area contributed by atoms with Crippen molar-refractivity contribution < 1.29 is 4.79 Å². The normalized spacial score (nSPS) is 18.2. The van der Waals surface area contributed by atoms with Gasteiger partial charge in [-0.05, 0) is 30.8 Å². The number of hydrogen-bond acceptors (Lipinski definition) is 5. The molecule has 2 aromatic carbocycles. The van der Waals surface area contributed by atoms with E-state index in [4.69, 9.17) is 0 Å². The van der Waals surface area contributed by atoms with Gasteiger partial charge in [0.1, 0.15) is 0 Å². The Morgan fingerprint density at radius 2 is 1.83 bits per heavy atom. The monoisotopic (exact) mass is 461 g/mol. The van der Waals surface area contributed by atoms with Crippen LogP contribution in [0.3, 0.4) is 0 Å². The number of hydrogen-bond donors (Lipinski definition) is 1. The maximum atomic E-state index is 12.7. The number of anilines is 1. The third kappa shape index (κ3) is 5.55. The van der Waals surface area contributed by atoms with E-state index in [0.717, 1.165) is 18.0 Å². The van der Waals surface area contributed by atoms with E-state index in [2.05, 4.69) is 28.3 Å². The fourth-order valence-corrected chi connectivity index (χ4v) is 4.94. The van der Waals surface area contributed by atoms with E-state index in [9.17, 15) is 4.79 Å². The number of ketones is 1. The summed E-state index contributed by atoms with van der Waals surface area (Å²) in [4.78, 5) is 19.3. The van der Waals surface area contributed by atoms with Gasteiger partial charge in [-0.1, -0.05) is 48.5 Å². The summed E-state index contributed by atoms with van der Waals surface area (Å²) in [6, 6.07) is 21.7. The largest absolute Gasteiger partial charge is 0.383 e. The number of halogens is 2. The third-order valence-corrected chi connectivity index (χ3v) is 6.56. The first kappa shape index (κ1) is 24.2. The zero-order valence-electron chi connectivity index (χ0n) is 16.6. The van der Waals surface area contributed by atoms with Crippen molar-refractivity contribution in [3.8, 4) is 0 Å². The second-order valence-corrected chi connectivity index (χ2v) is 8.06. The highest BCUT2D eigenvalue weighted by molar-refractivity contribution is 7.99. The number of carbonyl (C=O) groups is 1. The number of likely N-dealkylation sites (N-methyl/N-ethyl adjacent to an activating group) is 1. The van der Waals surface area contributed by atoms with Gasteiger partial charge in [-0.3, -0.25) is 14.7 Å². The van der Waals surface area contributed by atoms with Gasteiger partial charge in [0.15, 0.2) is 5.78 Å². The molecule has 1 fully saturated rings. The number of nitrogens with one attached hydrogen (secondary N) is 1. The zero-order chi connectivity index (χ0) is 19.3. The van der Waals surface area contributed by atoms with Crippen LogP contribution in [0.15, 0.2) is 79.1 Å². The molecule has 158 valence electrons. The molecule has 2 unspecified atom stereocenters. The van der Waals surface area contributed by atoms with Gasteiger partial charge >= 0.3 is 0 Å². The van der Waals surface area contributed by atoms with E-state index in [-0.39, 0.29) is 30.6 Å². The lowest BCUT2D eigenvalue weighted by molar-refractivity contribution is 0.103. The fraction of sp³-hybridized carbons (Fsp3) is 0.217. The predicted molar refractivity (Wildman–Crippen MR) is 130 cm³/mol. The Hall–Kier alpha value is -2.05. The average Bonchev–Trinajstić information content (AvgIpc) is 3.13. The van der Waals surface area contributed by atoms with E-state index in [1.165, 1.54) is 5.56 Å². The average molecular weight is 462 g/mol. The van der Waals surface area contributed by atoms with Crippen molar-refractivity contribution in [2.75, 3.05) is 24.7 Å². The second kappa shape index (κ2) is 11.4. The van der Waals surface area contributed by atoms with Gasteiger partial charge in [-0.15, -0.1) is 36.6 Å². The third-order valence-electron chi connectivity index (χ3n) is 5.06. The summed E-state index contributed by atoms with van der Waals surface area (Å²) in [5.41, 5.74) is 3.64. The molecule has 30 heavy (non-hydrogen) atoms. The molecule has 0 amide bonds. The molecule has 1 saturated heterocycles. The Kier molecular flexibility index (Phi) is 9.18. The summed E-state index contributed by atoms with van der Waals surface area (Å²) in [7, 11) is 2.17. The molecule has 4 rings (SSSR count). The molecule has 2 atom stereocenters. The molecule has 2 heterocycles. The van der Waals surface area contributed by atoms with E-state index >= 15 is 0 Å². The van der Waals surface area contributed by atoms with Crippen LogP contribution in [0, 0.1) is 0 Å². The van der Waals surface area contributed by atoms with Crippen molar-refractivity contribution in [3.05, 3.63) is 95.8 Å². The zero-order valence-corrected chi connectivity index (χ0v) is 19.1. The van der Waals surface area contributed by atoms with Crippen LogP contribution in [-0.4, -0.2) is 41.1 Å². The van der Waals surface area contributed by atoms with Crippen LogP contribution in [0.1, 0.15) is 26.9 Å². The number of nitrogens with zero attached hydrogens (tertiary/aromatic N) is 2. The maximum Gasteiger partial charge on any atom is 0.193 e. The molecule has 0 saturated carbocycles. The number of aromatic nitrogens is 1. The molecule has 0 spiro atoms. The summed E-state index contributed by atoms with van der Waals surface area (Å²) in [6.45, 7) is 0.837. The quantitative estimate of drug-likeness (QED) is 0.503. The van der Waals surface area contributed by atoms with Crippen LogP contribution >= 0.6 is 36.6 Å². The number of rotatable bonds is 6. The van der Waals surface area contributed by atoms with Crippen LogP contribution in [0.2, 0.25) is 0 Å². The van der Waals surface area contributed by atoms with Gasteiger partial charge < -0.3 is 5.32 Å². The van der Waals surface area contributed by atoms with Crippen LogP contribution in [0.4, 0.5) is 5.69 Å². The van der Waals surface area contributed by atoms with E-state index in [0.29, 0.717) is 22.5 Å². The van der Waals surface area contributed by atoms with Crippen molar-refractivity contribution in [1.29, 1.82) is 0 Å². The van der Waals surface area contributed by atoms with Crippen molar-refractivity contribution in [2.45, 2.75) is 11.4 Å². The molecule has 7 heteroatoms. The molecule has 0 radical (unpaired) electrons. The summed E-state index contributed by atoms with van der Waals surface area (Å²) in [5.74, 6) is 1.11. The summed E-state index contributed by atoms with van der Waals surface area (Å²) in [5, 5.41) is 3.85. The van der Waals surface area contributed by atoms with Gasteiger partial charge in [-0.25, -0.2) is 0 Å². The first-order valence-corrected chi connectivity index (χ1v) is 10.4. The van der Waals surface area contributed by atoms with Gasteiger partial charge in [0.25, 0.3) is 0 Å². The highest BCUT2D eigenvalue weighted by Crippen LogP contribution is 2.39. The highest BCUT2D eigenvalue weighted by Gasteiger charge is 2.31. The fourth-order valence-electron chi connectivity index (χ4n) is 3.45. The first-order chi connectivity index (χ1) is 13.7. The number of carbonyl (C=O) groups excluding carboxylic acids is 1. The van der Waals surface area contributed by atoms with Gasteiger partial charge in [0, 0.05) is 47.5 Å². The maximum absolute atomic E-state index is 12.7. The lowest BCUT2D eigenvalue weighted by Gasteiger charge is -2.25. The Balaban J connectivity index is 0.00000160. The number of pyridine rings is 1. The molecule has 1 aliphatic heterocycles. The smallest absolute Gasteiger partial charge is 0.193 e. The van der Waals surface area contributed by atoms with E-state index in [1.807, 2.05) is 84.8 Å². The summed E-state index contributed by atoms with van der Waals surface area (Å²) < 4.78 is 0. The topological polar surface area (TPSA) is 45.2 Å². The van der Waals surface area contributed by atoms with E-state index < -0.39 is 0 Å². The molecule has 0 bridgehead atoms. The predicted octanol–water partition coefficient (Wildman–Crippen LogP) is 5.31. The molecule has 4 nitrogen and oxygen atoms in total. The van der Waals surface area contributed by atoms with Crippen molar-refractivity contribution >= 4 is 48.0 Å².